The van der Waals surface area contributed by atoms with E-state index in [2.05, 4.69) is 0 Å². The number of hydroxylamine groups is 2. The van der Waals surface area contributed by atoms with E-state index in [9.17, 15) is 9.59 Å². The van der Waals surface area contributed by atoms with Gasteiger partial charge in [-0.15, -0.1) is 0 Å². The van der Waals surface area contributed by atoms with Crippen LogP contribution in [0.4, 0.5) is 0 Å². The summed E-state index contributed by atoms with van der Waals surface area (Å²) in [6, 6.07) is 0. The first kappa shape index (κ1) is 10.2. The second-order valence-corrected chi connectivity index (χ2v) is 3.24. The smallest absolute Gasteiger partial charge is 0.246 e. The van der Waals surface area contributed by atoms with Crippen molar-refractivity contribution in [3.05, 3.63) is 0 Å². The topological polar surface area (TPSA) is 46.6 Å². The van der Waals surface area contributed by atoms with E-state index in [-0.39, 0.29) is 18.1 Å². The molecule has 0 saturated carbocycles. The Hall–Kier alpha value is -0.900. The molecule has 0 spiro atoms. The third-order valence-corrected chi connectivity index (χ3v) is 1.97. The van der Waals surface area contributed by atoms with Gasteiger partial charge in [0.05, 0.1) is 6.61 Å². The SMILES string of the molecule is CC(=O)CCC(=O)N1CCCCO1. The molecule has 0 aromatic heterocycles. The Labute approximate surface area is 77.8 Å². The van der Waals surface area contributed by atoms with Crippen LogP contribution in [-0.4, -0.2) is 29.9 Å². The molecule has 1 rings (SSSR count). The molecule has 0 aromatic carbocycles. The zero-order valence-electron chi connectivity index (χ0n) is 7.91. The van der Waals surface area contributed by atoms with Crippen molar-refractivity contribution >= 4 is 11.7 Å². The average molecular weight is 185 g/mol. The van der Waals surface area contributed by atoms with Gasteiger partial charge in [-0.2, -0.15) is 0 Å². The quantitative estimate of drug-likeness (QED) is 0.656. The zero-order valence-corrected chi connectivity index (χ0v) is 7.91. The molecule has 1 amide bonds. The summed E-state index contributed by atoms with van der Waals surface area (Å²) in [5, 5.41) is 1.38. The summed E-state index contributed by atoms with van der Waals surface area (Å²) >= 11 is 0. The third-order valence-electron chi connectivity index (χ3n) is 1.97. The van der Waals surface area contributed by atoms with Crippen LogP contribution in [0.5, 0.6) is 0 Å². The largest absolute Gasteiger partial charge is 0.300 e. The van der Waals surface area contributed by atoms with Crippen molar-refractivity contribution < 1.29 is 14.4 Å². The van der Waals surface area contributed by atoms with Crippen LogP contribution in [0.2, 0.25) is 0 Å². The maximum atomic E-state index is 11.4. The molecule has 0 unspecified atom stereocenters. The van der Waals surface area contributed by atoms with E-state index in [4.69, 9.17) is 4.84 Å². The van der Waals surface area contributed by atoms with Crippen LogP contribution in [0.15, 0.2) is 0 Å². The van der Waals surface area contributed by atoms with Gasteiger partial charge in [0, 0.05) is 19.4 Å². The maximum Gasteiger partial charge on any atom is 0.246 e. The number of rotatable bonds is 3. The second kappa shape index (κ2) is 4.97. The monoisotopic (exact) mass is 185 g/mol. The number of hydrogen-bond donors (Lipinski definition) is 0. The molecular weight excluding hydrogens is 170 g/mol. The predicted octanol–water partition coefficient (Wildman–Crippen LogP) is 0.910. The summed E-state index contributed by atoms with van der Waals surface area (Å²) in [5.41, 5.74) is 0. The lowest BCUT2D eigenvalue weighted by molar-refractivity contribution is -0.197. The van der Waals surface area contributed by atoms with Crippen LogP contribution in [0.3, 0.4) is 0 Å². The molecule has 0 N–H and O–H groups in total. The first-order valence-corrected chi connectivity index (χ1v) is 4.63. The second-order valence-electron chi connectivity index (χ2n) is 3.24. The minimum atomic E-state index is -0.0742. The maximum absolute atomic E-state index is 11.4. The Balaban J connectivity index is 2.25. The molecule has 4 heteroatoms. The fraction of sp³-hybridized carbons (Fsp3) is 0.778. The number of amides is 1. The number of carbonyl (C=O) groups is 2. The van der Waals surface area contributed by atoms with Gasteiger partial charge in [-0.1, -0.05) is 0 Å². The number of ketones is 1. The molecule has 1 saturated heterocycles. The van der Waals surface area contributed by atoms with Crippen molar-refractivity contribution in [3.8, 4) is 0 Å². The molecule has 1 fully saturated rings. The van der Waals surface area contributed by atoms with Crippen molar-refractivity contribution in [1.29, 1.82) is 0 Å². The molecular formula is C9H15NO3. The van der Waals surface area contributed by atoms with E-state index in [1.54, 1.807) is 0 Å². The van der Waals surface area contributed by atoms with Crippen LogP contribution < -0.4 is 0 Å². The standard InChI is InChI=1S/C9H15NO3/c1-8(11)4-5-9(12)10-6-2-3-7-13-10/h2-7H2,1H3. The number of nitrogens with zero attached hydrogens (tertiary/aromatic N) is 1. The summed E-state index contributed by atoms with van der Waals surface area (Å²) in [4.78, 5) is 27.1. The van der Waals surface area contributed by atoms with E-state index >= 15 is 0 Å². The number of hydrogen-bond acceptors (Lipinski definition) is 3. The lowest BCUT2D eigenvalue weighted by Crippen LogP contribution is -2.35. The Morgan fingerprint density at radius 3 is 2.62 bits per heavy atom. The molecule has 1 aliphatic heterocycles. The fourth-order valence-electron chi connectivity index (χ4n) is 1.20. The van der Waals surface area contributed by atoms with E-state index in [0.29, 0.717) is 19.6 Å². The molecule has 0 bridgehead atoms. The van der Waals surface area contributed by atoms with Crippen LogP contribution in [0, 0.1) is 0 Å². The van der Waals surface area contributed by atoms with Crippen LogP contribution in [0.25, 0.3) is 0 Å². The summed E-state index contributed by atoms with van der Waals surface area (Å²) in [6.45, 7) is 2.77. The van der Waals surface area contributed by atoms with Gasteiger partial charge in [0.1, 0.15) is 5.78 Å². The fourth-order valence-corrected chi connectivity index (χ4v) is 1.20. The molecule has 1 heterocycles. The average Bonchev–Trinajstić information content (AvgIpc) is 2.15. The third kappa shape index (κ3) is 3.55. The van der Waals surface area contributed by atoms with Crippen LogP contribution in [-0.2, 0) is 14.4 Å². The lowest BCUT2D eigenvalue weighted by atomic mass is 10.2. The molecule has 13 heavy (non-hydrogen) atoms. The molecule has 0 radical (unpaired) electrons. The lowest BCUT2D eigenvalue weighted by Gasteiger charge is -2.25. The molecule has 0 aromatic rings. The Bertz CT molecular complexity index is 197. The Morgan fingerprint density at radius 1 is 1.31 bits per heavy atom. The summed E-state index contributed by atoms with van der Waals surface area (Å²) < 4.78 is 0. The highest BCUT2D eigenvalue weighted by molar-refractivity contribution is 5.83. The molecule has 0 aliphatic carbocycles. The highest BCUT2D eigenvalue weighted by atomic mass is 16.7. The molecule has 74 valence electrons. The first-order chi connectivity index (χ1) is 6.20. The molecule has 4 nitrogen and oxygen atoms in total. The predicted molar refractivity (Wildman–Crippen MR) is 46.8 cm³/mol. The van der Waals surface area contributed by atoms with Gasteiger partial charge >= 0.3 is 0 Å². The van der Waals surface area contributed by atoms with E-state index in [1.807, 2.05) is 0 Å². The number of carbonyl (C=O) groups excluding carboxylic acids is 2. The Morgan fingerprint density at radius 2 is 2.08 bits per heavy atom. The van der Waals surface area contributed by atoms with Gasteiger partial charge in [-0.05, 0) is 19.8 Å². The highest BCUT2D eigenvalue weighted by Gasteiger charge is 2.17. The minimum Gasteiger partial charge on any atom is -0.300 e. The normalized spacial score (nSPS) is 17.2. The van der Waals surface area contributed by atoms with E-state index in [1.165, 1.54) is 12.0 Å². The van der Waals surface area contributed by atoms with Gasteiger partial charge in [0.2, 0.25) is 5.91 Å². The van der Waals surface area contributed by atoms with Crippen molar-refractivity contribution in [1.82, 2.24) is 5.06 Å². The van der Waals surface area contributed by atoms with Gasteiger partial charge in [0.15, 0.2) is 0 Å². The van der Waals surface area contributed by atoms with E-state index < -0.39 is 0 Å². The van der Waals surface area contributed by atoms with E-state index in [0.717, 1.165) is 12.8 Å². The zero-order chi connectivity index (χ0) is 9.68. The van der Waals surface area contributed by atoms with Gasteiger partial charge in [0.25, 0.3) is 0 Å². The van der Waals surface area contributed by atoms with Gasteiger partial charge < -0.3 is 4.79 Å². The van der Waals surface area contributed by atoms with Crippen molar-refractivity contribution in [3.63, 3.8) is 0 Å². The summed E-state index contributed by atoms with van der Waals surface area (Å²) in [5.74, 6) is -0.0275. The van der Waals surface area contributed by atoms with Crippen molar-refractivity contribution in [2.75, 3.05) is 13.2 Å². The summed E-state index contributed by atoms with van der Waals surface area (Å²) in [6.07, 6.45) is 2.59. The van der Waals surface area contributed by atoms with Crippen LogP contribution >= 0.6 is 0 Å². The Kier molecular flexibility index (Phi) is 3.89. The molecule has 1 aliphatic rings. The molecule has 0 atom stereocenters. The van der Waals surface area contributed by atoms with Gasteiger partial charge in [-0.3, -0.25) is 9.63 Å². The summed E-state index contributed by atoms with van der Waals surface area (Å²) in [7, 11) is 0. The minimum absolute atomic E-state index is 0.0466. The van der Waals surface area contributed by atoms with Crippen LogP contribution in [0.1, 0.15) is 32.6 Å². The number of Topliss-reactive ketones (excluding diaryl/α,β-unsaturated/α-hetero) is 1. The van der Waals surface area contributed by atoms with Crippen molar-refractivity contribution in [2.45, 2.75) is 32.6 Å². The highest BCUT2D eigenvalue weighted by Crippen LogP contribution is 2.08. The first-order valence-electron chi connectivity index (χ1n) is 4.63. The van der Waals surface area contributed by atoms with Gasteiger partial charge in [-0.25, -0.2) is 5.06 Å². The van der Waals surface area contributed by atoms with Crippen molar-refractivity contribution in [2.24, 2.45) is 0 Å².